The molecular weight excluding hydrogens is 337 g/mol. The molecule has 114 valence electrons. The number of hydrogen-bond acceptors (Lipinski definition) is 4. The van der Waals surface area contributed by atoms with Gasteiger partial charge in [0.2, 0.25) is 12.6 Å². The van der Waals surface area contributed by atoms with Gasteiger partial charge in [0.25, 0.3) is 3.79 Å². The summed E-state index contributed by atoms with van der Waals surface area (Å²) >= 11 is 16.5. The van der Waals surface area contributed by atoms with E-state index in [9.17, 15) is 4.79 Å². The van der Waals surface area contributed by atoms with E-state index in [2.05, 4.69) is 5.32 Å². The van der Waals surface area contributed by atoms with Crippen molar-refractivity contribution >= 4 is 40.6 Å². The largest absolute Gasteiger partial charge is 0.454 e. The zero-order chi connectivity index (χ0) is 15.5. The van der Waals surface area contributed by atoms with Crippen molar-refractivity contribution in [2.75, 3.05) is 13.3 Å². The van der Waals surface area contributed by atoms with Gasteiger partial charge in [0.05, 0.1) is 0 Å². The lowest BCUT2D eigenvalue weighted by atomic mass is 10.1. The number of carbonyl (C=O) groups is 1. The molecule has 0 aromatic heterocycles. The number of alkyl halides is 3. The predicted molar refractivity (Wildman–Crippen MR) is 83.3 cm³/mol. The molecule has 0 atom stereocenters. The van der Waals surface area contributed by atoms with E-state index in [4.69, 9.17) is 44.3 Å². The van der Waals surface area contributed by atoms with Crippen molar-refractivity contribution in [1.29, 1.82) is 0 Å². The van der Waals surface area contributed by atoms with Crippen LogP contribution in [0.3, 0.4) is 0 Å². The smallest absolute Gasteiger partial charge is 0.252 e. The van der Waals surface area contributed by atoms with Gasteiger partial charge in [-0.15, -0.1) is 0 Å². The number of benzene rings is 1. The van der Waals surface area contributed by atoms with Crippen LogP contribution in [0.15, 0.2) is 30.0 Å². The number of hydrogen-bond donors (Lipinski definition) is 1. The molecule has 2 rings (SSSR count). The van der Waals surface area contributed by atoms with Crippen molar-refractivity contribution in [3.05, 3.63) is 35.5 Å². The topological polar surface area (TPSA) is 47.6 Å². The predicted octanol–water partition coefficient (Wildman–Crippen LogP) is 3.39. The van der Waals surface area contributed by atoms with E-state index in [1.54, 1.807) is 6.92 Å². The quantitative estimate of drug-likeness (QED) is 0.653. The molecular formula is C14H14Cl3NO3. The number of ketones is 1. The fourth-order valence-corrected chi connectivity index (χ4v) is 1.99. The average molecular weight is 351 g/mol. The van der Waals surface area contributed by atoms with Crippen LogP contribution in [0.5, 0.6) is 11.5 Å². The summed E-state index contributed by atoms with van der Waals surface area (Å²) < 4.78 is 8.65. The Kier molecular flexibility index (Phi) is 5.25. The molecule has 21 heavy (non-hydrogen) atoms. The van der Waals surface area contributed by atoms with Crippen molar-refractivity contribution in [2.45, 2.75) is 17.1 Å². The number of halogens is 3. The highest BCUT2D eigenvalue weighted by Gasteiger charge is 2.28. The van der Waals surface area contributed by atoms with Crippen LogP contribution in [-0.2, 0) is 11.2 Å². The van der Waals surface area contributed by atoms with Gasteiger partial charge in [0.15, 0.2) is 11.5 Å². The normalized spacial score (nSPS) is 14.2. The van der Waals surface area contributed by atoms with E-state index in [1.165, 1.54) is 6.08 Å². The first kappa shape index (κ1) is 16.3. The molecule has 1 aromatic rings. The maximum absolute atomic E-state index is 11.5. The first-order chi connectivity index (χ1) is 9.86. The van der Waals surface area contributed by atoms with Gasteiger partial charge in [-0.05, 0) is 31.0 Å². The monoisotopic (exact) mass is 349 g/mol. The summed E-state index contributed by atoms with van der Waals surface area (Å²) in [6, 6.07) is 5.79. The van der Waals surface area contributed by atoms with Gasteiger partial charge < -0.3 is 14.8 Å². The van der Waals surface area contributed by atoms with Crippen LogP contribution in [-0.4, -0.2) is 22.9 Å². The van der Waals surface area contributed by atoms with Crippen LogP contribution in [0, 0.1) is 0 Å². The third kappa shape index (κ3) is 4.70. The molecule has 7 heteroatoms. The third-order valence-electron chi connectivity index (χ3n) is 2.88. The van der Waals surface area contributed by atoms with Crippen LogP contribution < -0.4 is 14.8 Å². The molecule has 0 radical (unpaired) electrons. The molecule has 0 saturated carbocycles. The summed E-state index contributed by atoms with van der Waals surface area (Å²) in [4.78, 5) is 11.5. The third-order valence-corrected chi connectivity index (χ3v) is 3.44. The highest BCUT2D eigenvalue weighted by molar-refractivity contribution is 6.77. The van der Waals surface area contributed by atoms with Crippen molar-refractivity contribution in [3.8, 4) is 11.5 Å². The molecule has 1 heterocycles. The van der Waals surface area contributed by atoms with E-state index >= 15 is 0 Å². The van der Waals surface area contributed by atoms with Gasteiger partial charge in [-0.25, -0.2) is 0 Å². The Morgan fingerprint density at radius 3 is 2.76 bits per heavy atom. The van der Waals surface area contributed by atoms with Crippen molar-refractivity contribution in [3.63, 3.8) is 0 Å². The molecule has 0 spiro atoms. The standard InChI is InChI=1S/C14H14Cl3NO3/c1-9(6-13(19)14(15,16)17)18-5-4-10-2-3-11-12(7-10)21-8-20-11/h2-3,6-7,18H,4-5,8H2,1H3/b9-6-. The second-order valence-corrected chi connectivity index (χ2v) is 6.83. The number of rotatable bonds is 5. The molecule has 0 amide bonds. The van der Waals surface area contributed by atoms with E-state index in [-0.39, 0.29) is 6.79 Å². The lowest BCUT2D eigenvalue weighted by molar-refractivity contribution is -0.113. The van der Waals surface area contributed by atoms with E-state index < -0.39 is 9.58 Å². The molecule has 1 aromatic carbocycles. The first-order valence-corrected chi connectivity index (χ1v) is 7.41. The van der Waals surface area contributed by atoms with E-state index in [1.807, 2.05) is 18.2 Å². The highest BCUT2D eigenvalue weighted by atomic mass is 35.6. The summed E-state index contributed by atoms with van der Waals surface area (Å²) in [5, 5.41) is 3.09. The second kappa shape index (κ2) is 6.77. The van der Waals surface area contributed by atoms with Gasteiger partial charge in [-0.2, -0.15) is 0 Å². The summed E-state index contributed by atoms with van der Waals surface area (Å²) in [5.74, 6) is 0.947. The summed E-state index contributed by atoms with van der Waals surface area (Å²) in [5.41, 5.74) is 1.75. The molecule has 0 unspecified atom stereocenters. The average Bonchev–Trinajstić information content (AvgIpc) is 2.84. The fourth-order valence-electron chi connectivity index (χ4n) is 1.83. The van der Waals surface area contributed by atoms with Gasteiger partial charge in [0, 0.05) is 18.3 Å². The Bertz CT molecular complexity index is 567. The van der Waals surface area contributed by atoms with E-state index in [0.717, 1.165) is 23.5 Å². The fraction of sp³-hybridized carbons (Fsp3) is 0.357. The minimum absolute atomic E-state index is 0.262. The van der Waals surface area contributed by atoms with Crippen LogP contribution in [0.2, 0.25) is 0 Å². The summed E-state index contributed by atoms with van der Waals surface area (Å²) in [6.07, 6.45) is 2.05. The molecule has 0 saturated heterocycles. The maximum Gasteiger partial charge on any atom is 0.252 e. The zero-order valence-electron chi connectivity index (χ0n) is 11.3. The number of carbonyl (C=O) groups excluding carboxylic acids is 1. The SMILES string of the molecule is C/C(=C/C(=O)C(Cl)(Cl)Cl)NCCc1ccc2c(c1)OCO2. The first-order valence-electron chi connectivity index (χ1n) is 6.28. The minimum atomic E-state index is -1.92. The van der Waals surface area contributed by atoms with Crippen LogP contribution in [0.25, 0.3) is 0 Å². The van der Waals surface area contributed by atoms with Gasteiger partial charge in [0.1, 0.15) is 0 Å². The van der Waals surface area contributed by atoms with Crippen LogP contribution >= 0.6 is 34.8 Å². The van der Waals surface area contributed by atoms with Crippen LogP contribution in [0.4, 0.5) is 0 Å². The summed E-state index contributed by atoms with van der Waals surface area (Å²) in [7, 11) is 0. The molecule has 0 fully saturated rings. The zero-order valence-corrected chi connectivity index (χ0v) is 13.6. The molecule has 1 N–H and O–H groups in total. The molecule has 1 aliphatic rings. The molecule has 0 bridgehead atoms. The number of allylic oxidation sites excluding steroid dienone is 2. The molecule has 0 aliphatic carbocycles. The van der Waals surface area contributed by atoms with Gasteiger partial charge in [-0.1, -0.05) is 40.9 Å². The Labute approximate surface area is 138 Å². The maximum atomic E-state index is 11.5. The molecule has 4 nitrogen and oxygen atoms in total. The Morgan fingerprint density at radius 2 is 2.05 bits per heavy atom. The summed E-state index contributed by atoms with van der Waals surface area (Å²) in [6.45, 7) is 2.65. The Hall–Kier alpha value is -1.10. The van der Waals surface area contributed by atoms with Crippen molar-refractivity contribution < 1.29 is 14.3 Å². The Morgan fingerprint density at radius 1 is 1.33 bits per heavy atom. The second-order valence-electron chi connectivity index (χ2n) is 4.55. The minimum Gasteiger partial charge on any atom is -0.454 e. The lowest BCUT2D eigenvalue weighted by Crippen LogP contribution is -2.20. The van der Waals surface area contributed by atoms with Crippen LogP contribution in [0.1, 0.15) is 12.5 Å². The van der Waals surface area contributed by atoms with Gasteiger partial charge in [-0.3, -0.25) is 4.79 Å². The van der Waals surface area contributed by atoms with Gasteiger partial charge >= 0.3 is 0 Å². The van der Waals surface area contributed by atoms with Crippen molar-refractivity contribution in [1.82, 2.24) is 5.32 Å². The molecule has 1 aliphatic heterocycles. The number of nitrogens with one attached hydrogen (secondary N) is 1. The Balaban J connectivity index is 1.84. The van der Waals surface area contributed by atoms with Crippen molar-refractivity contribution in [2.24, 2.45) is 0 Å². The number of fused-ring (bicyclic) bond motifs is 1. The number of ether oxygens (including phenoxy) is 2. The highest BCUT2D eigenvalue weighted by Crippen LogP contribution is 2.32. The van der Waals surface area contributed by atoms with E-state index in [0.29, 0.717) is 12.2 Å². The lowest BCUT2D eigenvalue weighted by Gasteiger charge is -2.09.